The standard InChI is InChI=1S/C26H21F2N3O5/c1-26(17-11-13-18(14-12-17)36-24(27)28)23(34)31(25(35)30-26)15-21(32)29-20-10-6-5-9-19(20)22(33)16-7-3-2-4-8-16/h2-14,24H,15H2,1H3,(H,29,32)(H,30,35)/t26-/m1/s1. The van der Waals surface area contributed by atoms with E-state index in [9.17, 15) is 28.0 Å². The van der Waals surface area contributed by atoms with Crippen molar-refractivity contribution in [2.75, 3.05) is 11.9 Å². The summed E-state index contributed by atoms with van der Waals surface area (Å²) >= 11 is 0. The Kier molecular flexibility index (Phi) is 6.77. The van der Waals surface area contributed by atoms with E-state index in [-0.39, 0.29) is 22.8 Å². The minimum Gasteiger partial charge on any atom is -0.435 e. The van der Waals surface area contributed by atoms with E-state index in [1.807, 2.05) is 0 Å². The van der Waals surface area contributed by atoms with Crippen LogP contribution in [0.1, 0.15) is 28.4 Å². The van der Waals surface area contributed by atoms with Gasteiger partial charge in [-0.05, 0) is 36.8 Å². The highest BCUT2D eigenvalue weighted by Crippen LogP contribution is 2.30. The van der Waals surface area contributed by atoms with Crippen LogP contribution in [0.3, 0.4) is 0 Å². The van der Waals surface area contributed by atoms with Crippen molar-refractivity contribution in [3.8, 4) is 5.75 Å². The number of anilines is 1. The summed E-state index contributed by atoms with van der Waals surface area (Å²) in [4.78, 5) is 52.1. The Balaban J connectivity index is 1.48. The van der Waals surface area contributed by atoms with Crippen molar-refractivity contribution in [2.45, 2.75) is 19.1 Å². The average Bonchev–Trinajstić information content (AvgIpc) is 3.08. The summed E-state index contributed by atoms with van der Waals surface area (Å²) in [6.07, 6.45) is 0. The van der Waals surface area contributed by atoms with E-state index < -0.39 is 36.5 Å². The van der Waals surface area contributed by atoms with Crippen molar-refractivity contribution in [1.29, 1.82) is 0 Å². The van der Waals surface area contributed by atoms with Crippen LogP contribution in [-0.2, 0) is 15.1 Å². The number of para-hydroxylation sites is 1. The summed E-state index contributed by atoms with van der Waals surface area (Å²) in [7, 11) is 0. The number of hydrogen-bond donors (Lipinski definition) is 2. The van der Waals surface area contributed by atoms with Crippen molar-refractivity contribution < 1.29 is 32.7 Å². The van der Waals surface area contributed by atoms with Crippen molar-refractivity contribution >= 4 is 29.3 Å². The summed E-state index contributed by atoms with van der Waals surface area (Å²) in [5.41, 5.74) is -0.258. The van der Waals surface area contributed by atoms with Gasteiger partial charge >= 0.3 is 12.6 Å². The first-order valence-corrected chi connectivity index (χ1v) is 10.9. The summed E-state index contributed by atoms with van der Waals surface area (Å²) < 4.78 is 29.1. The second-order valence-corrected chi connectivity index (χ2v) is 8.14. The molecule has 0 spiro atoms. The number of imide groups is 1. The average molecular weight is 493 g/mol. The summed E-state index contributed by atoms with van der Waals surface area (Å²) in [5.74, 6) is -1.78. The lowest BCUT2D eigenvalue weighted by molar-refractivity contribution is -0.133. The number of hydrogen-bond acceptors (Lipinski definition) is 5. The van der Waals surface area contributed by atoms with Crippen LogP contribution in [-0.4, -0.2) is 41.7 Å². The molecule has 3 aromatic rings. The van der Waals surface area contributed by atoms with Crippen LogP contribution in [0.15, 0.2) is 78.9 Å². The van der Waals surface area contributed by atoms with Gasteiger partial charge in [-0.1, -0.05) is 54.6 Å². The first-order chi connectivity index (χ1) is 17.2. The van der Waals surface area contributed by atoms with Gasteiger partial charge in [-0.15, -0.1) is 0 Å². The highest BCUT2D eigenvalue weighted by atomic mass is 19.3. The van der Waals surface area contributed by atoms with Crippen LogP contribution in [0, 0.1) is 0 Å². The van der Waals surface area contributed by atoms with Crippen molar-refractivity contribution in [2.24, 2.45) is 0 Å². The molecule has 1 aliphatic rings. The lowest BCUT2D eigenvalue weighted by Crippen LogP contribution is -2.42. The first-order valence-electron chi connectivity index (χ1n) is 10.9. The molecule has 1 heterocycles. The molecule has 0 radical (unpaired) electrons. The number of halogens is 2. The Labute approximate surface area is 204 Å². The Bertz CT molecular complexity index is 1310. The number of nitrogens with zero attached hydrogens (tertiary/aromatic N) is 1. The van der Waals surface area contributed by atoms with Gasteiger partial charge in [-0.3, -0.25) is 19.3 Å². The fraction of sp³-hybridized carbons (Fsp3) is 0.154. The molecule has 10 heteroatoms. The molecule has 184 valence electrons. The maximum Gasteiger partial charge on any atom is 0.387 e. The predicted octanol–water partition coefficient (Wildman–Crippen LogP) is 3.92. The molecule has 0 saturated carbocycles. The molecular formula is C26H21F2N3O5. The number of carbonyl (C=O) groups excluding carboxylic acids is 4. The normalized spacial score (nSPS) is 17.2. The molecule has 36 heavy (non-hydrogen) atoms. The minimum atomic E-state index is -3.00. The molecule has 0 aromatic heterocycles. The van der Waals surface area contributed by atoms with Gasteiger partial charge in [0.1, 0.15) is 17.8 Å². The fourth-order valence-corrected chi connectivity index (χ4v) is 3.87. The summed E-state index contributed by atoms with van der Waals surface area (Å²) in [5, 5.41) is 5.14. The number of benzene rings is 3. The molecule has 0 unspecified atom stereocenters. The zero-order chi connectivity index (χ0) is 25.9. The third-order valence-electron chi connectivity index (χ3n) is 5.72. The van der Waals surface area contributed by atoms with Crippen LogP contribution in [0.2, 0.25) is 0 Å². The molecule has 8 nitrogen and oxygen atoms in total. The Hall–Kier alpha value is -4.60. The number of ether oxygens (including phenoxy) is 1. The molecule has 1 fully saturated rings. The Morgan fingerprint density at radius 1 is 0.972 bits per heavy atom. The smallest absolute Gasteiger partial charge is 0.387 e. The maximum absolute atomic E-state index is 13.1. The van der Waals surface area contributed by atoms with Crippen molar-refractivity contribution in [3.63, 3.8) is 0 Å². The SMILES string of the molecule is C[C@]1(c2ccc(OC(F)F)cc2)NC(=O)N(CC(=O)Nc2ccccc2C(=O)c2ccccc2)C1=O. The number of alkyl halides is 2. The molecule has 1 aliphatic heterocycles. The number of urea groups is 1. The molecule has 1 atom stereocenters. The van der Waals surface area contributed by atoms with Crippen molar-refractivity contribution in [1.82, 2.24) is 10.2 Å². The number of rotatable bonds is 8. The van der Waals surface area contributed by atoms with Gasteiger partial charge < -0.3 is 15.4 Å². The second kappa shape index (κ2) is 9.95. The van der Waals surface area contributed by atoms with Gasteiger partial charge in [0.2, 0.25) is 5.91 Å². The summed E-state index contributed by atoms with van der Waals surface area (Å²) in [6.45, 7) is -2.15. The number of amides is 4. The number of ketones is 1. The van der Waals surface area contributed by atoms with Crippen LogP contribution >= 0.6 is 0 Å². The highest BCUT2D eigenvalue weighted by molar-refractivity contribution is 6.15. The third-order valence-corrected chi connectivity index (χ3v) is 5.72. The zero-order valence-corrected chi connectivity index (χ0v) is 19.0. The molecule has 2 N–H and O–H groups in total. The van der Waals surface area contributed by atoms with Crippen LogP contribution in [0.5, 0.6) is 5.75 Å². The van der Waals surface area contributed by atoms with E-state index in [0.717, 1.165) is 4.90 Å². The minimum absolute atomic E-state index is 0.103. The molecule has 4 amide bonds. The quantitative estimate of drug-likeness (QED) is 0.366. The van der Waals surface area contributed by atoms with Crippen LogP contribution in [0.4, 0.5) is 19.3 Å². The Morgan fingerprint density at radius 2 is 1.61 bits per heavy atom. The molecule has 4 rings (SSSR count). The highest BCUT2D eigenvalue weighted by Gasteiger charge is 2.49. The van der Waals surface area contributed by atoms with E-state index >= 15 is 0 Å². The molecule has 1 saturated heterocycles. The van der Waals surface area contributed by atoms with Gasteiger partial charge in [0.25, 0.3) is 5.91 Å². The van der Waals surface area contributed by atoms with Gasteiger partial charge in [0.15, 0.2) is 5.78 Å². The van der Waals surface area contributed by atoms with E-state index in [4.69, 9.17) is 0 Å². The summed E-state index contributed by atoms with van der Waals surface area (Å²) in [6, 6.07) is 19.4. The van der Waals surface area contributed by atoms with E-state index in [1.165, 1.54) is 31.2 Å². The monoisotopic (exact) mass is 493 g/mol. The van der Waals surface area contributed by atoms with Gasteiger partial charge in [0.05, 0.1) is 5.69 Å². The van der Waals surface area contributed by atoms with Crippen molar-refractivity contribution in [3.05, 3.63) is 95.6 Å². The third kappa shape index (κ3) is 4.92. The molecular weight excluding hydrogens is 472 g/mol. The lowest BCUT2D eigenvalue weighted by atomic mass is 9.92. The number of nitrogens with one attached hydrogen (secondary N) is 2. The second-order valence-electron chi connectivity index (χ2n) is 8.14. The fourth-order valence-electron chi connectivity index (χ4n) is 3.87. The van der Waals surface area contributed by atoms with E-state index in [1.54, 1.807) is 54.6 Å². The molecule has 0 aliphatic carbocycles. The van der Waals surface area contributed by atoms with E-state index in [2.05, 4.69) is 15.4 Å². The topological polar surface area (TPSA) is 105 Å². The van der Waals surface area contributed by atoms with Gasteiger partial charge in [0, 0.05) is 11.1 Å². The van der Waals surface area contributed by atoms with Crippen LogP contribution in [0.25, 0.3) is 0 Å². The maximum atomic E-state index is 13.1. The first kappa shape index (κ1) is 24.5. The van der Waals surface area contributed by atoms with Gasteiger partial charge in [-0.2, -0.15) is 8.78 Å². The van der Waals surface area contributed by atoms with Crippen LogP contribution < -0.4 is 15.4 Å². The molecule has 0 bridgehead atoms. The van der Waals surface area contributed by atoms with Gasteiger partial charge in [-0.25, -0.2) is 4.79 Å². The molecule has 3 aromatic carbocycles. The Morgan fingerprint density at radius 3 is 2.28 bits per heavy atom. The zero-order valence-electron chi connectivity index (χ0n) is 19.0. The predicted molar refractivity (Wildman–Crippen MR) is 126 cm³/mol. The van der Waals surface area contributed by atoms with E-state index in [0.29, 0.717) is 11.1 Å². The lowest BCUT2D eigenvalue weighted by Gasteiger charge is -2.22. The number of carbonyl (C=O) groups is 4. The largest absolute Gasteiger partial charge is 0.435 e.